The Morgan fingerprint density at radius 1 is 0.969 bits per heavy atom. The van der Waals surface area contributed by atoms with Gasteiger partial charge in [-0.15, -0.1) is 11.3 Å². The quantitative estimate of drug-likeness (QED) is 0.257. The summed E-state index contributed by atoms with van der Waals surface area (Å²) in [4.78, 5) is 28.9. The molecule has 0 spiro atoms. The average molecular weight is 442 g/mol. The second-order valence-corrected chi connectivity index (χ2v) is 8.39. The van der Waals surface area contributed by atoms with Crippen LogP contribution in [0.3, 0.4) is 0 Å². The smallest absolute Gasteiger partial charge is 0.300 e. The van der Waals surface area contributed by atoms with E-state index in [1.54, 1.807) is 24.3 Å². The summed E-state index contributed by atoms with van der Waals surface area (Å²) in [7, 11) is 1.53. The van der Waals surface area contributed by atoms with E-state index in [1.807, 2.05) is 60.0 Å². The fraction of sp³-hybridized carbons (Fsp3) is 0.0769. The van der Waals surface area contributed by atoms with Gasteiger partial charge in [-0.3, -0.25) is 14.5 Å². The zero-order valence-electron chi connectivity index (χ0n) is 17.2. The number of carbonyl (C=O) groups excluding carboxylic acids is 2. The van der Waals surface area contributed by atoms with E-state index in [4.69, 9.17) is 4.74 Å². The molecule has 32 heavy (non-hydrogen) atoms. The molecule has 1 amide bonds. The molecule has 1 aliphatic heterocycles. The number of carbonyl (C=O) groups is 2. The van der Waals surface area contributed by atoms with Crippen molar-refractivity contribution in [1.29, 1.82) is 0 Å². The lowest BCUT2D eigenvalue weighted by atomic mass is 9.99. The van der Waals surface area contributed by atoms with Crippen LogP contribution in [0.2, 0.25) is 0 Å². The first-order chi connectivity index (χ1) is 15.6. The van der Waals surface area contributed by atoms with Crippen molar-refractivity contribution in [2.24, 2.45) is 0 Å². The molecule has 1 unspecified atom stereocenters. The summed E-state index contributed by atoms with van der Waals surface area (Å²) in [5.74, 6) is -1.05. The van der Waals surface area contributed by atoms with Crippen LogP contribution >= 0.6 is 11.3 Å². The molecule has 4 aromatic rings. The Morgan fingerprint density at radius 2 is 1.75 bits per heavy atom. The molecule has 5 rings (SSSR count). The lowest BCUT2D eigenvalue weighted by Crippen LogP contribution is -2.29. The Balaban J connectivity index is 1.75. The van der Waals surface area contributed by atoms with Crippen molar-refractivity contribution in [2.45, 2.75) is 6.04 Å². The van der Waals surface area contributed by atoms with Crippen LogP contribution < -0.4 is 9.64 Å². The van der Waals surface area contributed by atoms with E-state index in [2.05, 4.69) is 0 Å². The highest BCUT2D eigenvalue weighted by atomic mass is 32.1. The molecule has 0 saturated carbocycles. The maximum Gasteiger partial charge on any atom is 0.300 e. The summed E-state index contributed by atoms with van der Waals surface area (Å²) in [6.45, 7) is 0. The number of anilines is 1. The molecule has 1 saturated heterocycles. The van der Waals surface area contributed by atoms with E-state index in [0.29, 0.717) is 17.0 Å². The van der Waals surface area contributed by atoms with Crippen LogP contribution in [0.5, 0.6) is 5.75 Å². The molecule has 6 heteroatoms. The molecule has 1 aliphatic rings. The highest BCUT2D eigenvalue weighted by Crippen LogP contribution is 2.45. The van der Waals surface area contributed by atoms with Gasteiger partial charge < -0.3 is 9.84 Å². The van der Waals surface area contributed by atoms with Gasteiger partial charge in [-0.25, -0.2) is 0 Å². The van der Waals surface area contributed by atoms with E-state index in [0.717, 1.165) is 15.6 Å². The van der Waals surface area contributed by atoms with E-state index in [9.17, 15) is 14.7 Å². The third-order valence-electron chi connectivity index (χ3n) is 5.63. The number of fused-ring (bicyclic) bond motifs is 1. The van der Waals surface area contributed by atoms with Gasteiger partial charge in [0, 0.05) is 15.8 Å². The maximum atomic E-state index is 13.3. The summed E-state index contributed by atoms with van der Waals surface area (Å²) >= 11 is 1.44. The van der Waals surface area contributed by atoms with Crippen molar-refractivity contribution >= 4 is 45.2 Å². The van der Waals surface area contributed by atoms with Gasteiger partial charge in [-0.05, 0) is 35.0 Å². The predicted octanol–water partition coefficient (Wildman–Crippen LogP) is 5.54. The number of hydrogen-bond acceptors (Lipinski definition) is 5. The maximum absolute atomic E-state index is 13.3. The number of aliphatic hydroxyl groups excluding tert-OH is 1. The number of nitrogens with zero attached hydrogens (tertiary/aromatic N) is 1. The SMILES string of the molecule is COc1cccc(/C(O)=C2/C(=O)C(=O)N(c3cccc4ccccc34)C2c2cccs2)c1. The average Bonchev–Trinajstić information content (AvgIpc) is 3.45. The fourth-order valence-corrected chi connectivity index (χ4v) is 4.96. The molecule has 1 aromatic heterocycles. The minimum atomic E-state index is -0.730. The molecule has 0 radical (unpaired) electrons. The molecule has 0 aliphatic carbocycles. The topological polar surface area (TPSA) is 66.8 Å². The number of Topliss-reactive ketones (excluding diaryl/α,β-unsaturated/α-hetero) is 1. The van der Waals surface area contributed by atoms with Crippen LogP contribution in [0, 0.1) is 0 Å². The molecular weight excluding hydrogens is 422 g/mol. The lowest BCUT2D eigenvalue weighted by Gasteiger charge is -2.25. The van der Waals surface area contributed by atoms with Crippen molar-refractivity contribution < 1.29 is 19.4 Å². The standard InChI is InChI=1S/C26H19NO4S/c1-31-18-10-4-9-17(15-18)24(28)22-23(21-13-6-14-32-21)27(26(30)25(22)29)20-12-5-8-16-7-2-3-11-19(16)20/h2-15,23,28H,1H3/b24-22-. The van der Waals surface area contributed by atoms with Crippen LogP contribution in [-0.2, 0) is 9.59 Å². The van der Waals surface area contributed by atoms with Crippen molar-refractivity contribution in [3.05, 3.63) is 100 Å². The summed E-state index contributed by atoms with van der Waals surface area (Å²) < 4.78 is 5.26. The predicted molar refractivity (Wildman–Crippen MR) is 126 cm³/mol. The molecule has 2 heterocycles. The first kappa shape index (κ1) is 20.0. The first-order valence-electron chi connectivity index (χ1n) is 10.1. The number of aliphatic hydroxyl groups is 1. The molecule has 158 valence electrons. The van der Waals surface area contributed by atoms with Crippen molar-refractivity contribution in [3.8, 4) is 5.75 Å². The van der Waals surface area contributed by atoms with E-state index >= 15 is 0 Å². The van der Waals surface area contributed by atoms with Gasteiger partial charge in [0.05, 0.1) is 18.4 Å². The Bertz CT molecular complexity index is 1370. The van der Waals surface area contributed by atoms with Crippen LogP contribution in [0.15, 0.2) is 89.8 Å². The summed E-state index contributed by atoms with van der Waals surface area (Å²) in [5, 5.41) is 14.9. The second-order valence-electron chi connectivity index (χ2n) is 7.41. The minimum Gasteiger partial charge on any atom is -0.507 e. The summed E-state index contributed by atoms with van der Waals surface area (Å²) in [5.41, 5.74) is 1.12. The van der Waals surface area contributed by atoms with Crippen LogP contribution in [0.25, 0.3) is 16.5 Å². The number of rotatable bonds is 4. The van der Waals surface area contributed by atoms with Gasteiger partial charge in [0.1, 0.15) is 17.6 Å². The van der Waals surface area contributed by atoms with E-state index in [-0.39, 0.29) is 11.3 Å². The van der Waals surface area contributed by atoms with Gasteiger partial charge in [0.25, 0.3) is 11.7 Å². The van der Waals surface area contributed by atoms with Gasteiger partial charge in [0.2, 0.25) is 0 Å². The third-order valence-corrected chi connectivity index (χ3v) is 6.55. The van der Waals surface area contributed by atoms with Crippen molar-refractivity contribution in [2.75, 3.05) is 12.0 Å². The Kier molecular flexibility index (Phi) is 4.99. The monoisotopic (exact) mass is 441 g/mol. The largest absolute Gasteiger partial charge is 0.507 e. The molecule has 1 fully saturated rings. The van der Waals surface area contributed by atoms with Gasteiger partial charge >= 0.3 is 0 Å². The number of hydrogen-bond donors (Lipinski definition) is 1. The Hall–Kier alpha value is -3.90. The number of thiophene rings is 1. The number of amides is 1. The van der Waals surface area contributed by atoms with Gasteiger partial charge in [-0.2, -0.15) is 0 Å². The summed E-state index contributed by atoms with van der Waals surface area (Å²) in [6.07, 6.45) is 0. The third kappa shape index (κ3) is 3.16. The number of methoxy groups -OCH3 is 1. The molecule has 0 bridgehead atoms. The summed E-state index contributed by atoms with van der Waals surface area (Å²) in [6, 6.07) is 23.2. The van der Waals surface area contributed by atoms with E-state index in [1.165, 1.54) is 23.3 Å². The molecule has 1 atom stereocenters. The minimum absolute atomic E-state index is 0.0682. The van der Waals surface area contributed by atoms with Gasteiger partial charge in [-0.1, -0.05) is 54.6 Å². The normalized spacial score (nSPS) is 17.8. The first-order valence-corrected chi connectivity index (χ1v) is 10.9. The zero-order valence-corrected chi connectivity index (χ0v) is 18.0. The molecule has 1 N–H and O–H groups in total. The number of ketones is 1. The van der Waals surface area contributed by atoms with Crippen LogP contribution in [0.4, 0.5) is 5.69 Å². The molecule has 3 aromatic carbocycles. The van der Waals surface area contributed by atoms with Crippen molar-refractivity contribution in [1.82, 2.24) is 0 Å². The Labute approximate surface area is 188 Å². The molecule has 5 nitrogen and oxygen atoms in total. The van der Waals surface area contributed by atoms with Crippen molar-refractivity contribution in [3.63, 3.8) is 0 Å². The Morgan fingerprint density at radius 3 is 2.53 bits per heavy atom. The lowest BCUT2D eigenvalue weighted by molar-refractivity contribution is -0.132. The van der Waals surface area contributed by atoms with E-state index < -0.39 is 17.7 Å². The fourth-order valence-electron chi connectivity index (χ4n) is 4.14. The van der Waals surface area contributed by atoms with Crippen LogP contribution in [0.1, 0.15) is 16.5 Å². The van der Waals surface area contributed by atoms with Crippen LogP contribution in [-0.4, -0.2) is 23.9 Å². The zero-order chi connectivity index (χ0) is 22.2. The number of benzene rings is 3. The highest BCUT2D eigenvalue weighted by Gasteiger charge is 2.47. The van der Waals surface area contributed by atoms with Gasteiger partial charge in [0.15, 0.2) is 0 Å². The molecular formula is C26H19NO4S. The highest BCUT2D eigenvalue weighted by molar-refractivity contribution is 7.10. The number of ether oxygens (including phenoxy) is 1. The second kappa shape index (κ2) is 7.98.